The molecule has 0 unspecified atom stereocenters. The number of pyridine rings is 1. The van der Waals surface area contributed by atoms with E-state index in [-0.39, 0.29) is 19.0 Å². The number of nitrogens with one attached hydrogen (secondary N) is 2. The topological polar surface area (TPSA) is 132 Å². The smallest absolute Gasteiger partial charge is 0.481 e. The number of nitrogens with zero attached hydrogens (tertiary/aromatic N) is 2. The molecule has 1 aromatic heterocycles. The Morgan fingerprint density at radius 1 is 1.15 bits per heavy atom. The van der Waals surface area contributed by atoms with Crippen LogP contribution in [0.3, 0.4) is 0 Å². The van der Waals surface area contributed by atoms with Crippen molar-refractivity contribution in [2.75, 3.05) is 38.0 Å². The Kier molecular flexibility index (Phi) is 12.1. The number of hydrogen-bond acceptors (Lipinski definition) is 6. The molecular formula is C26H32F4N4O5. The number of carboxylic acid groups (broad SMARTS) is 2. The average molecular weight is 557 g/mol. The van der Waals surface area contributed by atoms with Crippen molar-refractivity contribution in [2.24, 2.45) is 0 Å². The molecule has 1 aliphatic heterocycles. The SMILES string of the molecule is CCCN(CCc1ccc2c(n1)NCCC2)CC(=O)NC[C@@H](C(=O)O)c1cccc(F)c1.O=C(O)C(F)(F)F. The molecule has 3 rings (SSSR count). The zero-order chi connectivity index (χ0) is 29.0. The van der Waals surface area contributed by atoms with Gasteiger partial charge < -0.3 is 20.8 Å². The lowest BCUT2D eigenvalue weighted by Gasteiger charge is -2.22. The van der Waals surface area contributed by atoms with E-state index < -0.39 is 29.9 Å². The molecule has 0 bridgehead atoms. The summed E-state index contributed by atoms with van der Waals surface area (Å²) < 4.78 is 45.2. The van der Waals surface area contributed by atoms with Crippen LogP contribution in [0.15, 0.2) is 36.4 Å². The van der Waals surface area contributed by atoms with E-state index in [4.69, 9.17) is 14.9 Å². The maximum absolute atomic E-state index is 13.5. The standard InChI is InChI=1S/C24H31FN4O3.C2HF3O2/c1-2-12-29(13-10-20-9-8-17-6-4-11-26-23(17)28-20)16-22(30)27-15-21(24(31)32)18-5-3-7-19(25)14-18;3-2(4,5)1(6)7/h3,5,7-9,14,21H,2,4,6,10-13,15-16H2,1H3,(H,26,28)(H,27,30)(H,31,32);(H,6,7)/t21-;/m1./s1. The fourth-order valence-corrected chi connectivity index (χ4v) is 3.91. The summed E-state index contributed by atoms with van der Waals surface area (Å²) in [6.07, 6.45) is -1.29. The van der Waals surface area contributed by atoms with Gasteiger partial charge >= 0.3 is 18.1 Å². The van der Waals surface area contributed by atoms with Gasteiger partial charge in [0.2, 0.25) is 5.91 Å². The van der Waals surface area contributed by atoms with E-state index in [1.807, 2.05) is 11.0 Å². The first-order valence-electron chi connectivity index (χ1n) is 12.4. The van der Waals surface area contributed by atoms with Crippen LogP contribution in [-0.2, 0) is 27.2 Å². The van der Waals surface area contributed by atoms with E-state index in [2.05, 4.69) is 23.6 Å². The minimum absolute atomic E-state index is 0.0877. The van der Waals surface area contributed by atoms with Crippen LogP contribution in [0.25, 0.3) is 0 Å². The fourth-order valence-electron chi connectivity index (χ4n) is 3.91. The molecule has 1 atom stereocenters. The van der Waals surface area contributed by atoms with Crippen LogP contribution >= 0.6 is 0 Å². The number of hydrogen-bond donors (Lipinski definition) is 4. The first kappa shape index (κ1) is 31.5. The van der Waals surface area contributed by atoms with Crippen molar-refractivity contribution in [2.45, 2.75) is 44.7 Å². The van der Waals surface area contributed by atoms with E-state index >= 15 is 0 Å². The summed E-state index contributed by atoms with van der Waals surface area (Å²) in [6, 6.07) is 9.64. The Hall–Kier alpha value is -3.74. The van der Waals surface area contributed by atoms with Gasteiger partial charge in [0, 0.05) is 31.7 Å². The number of halogens is 4. The van der Waals surface area contributed by atoms with Gasteiger partial charge in [0.15, 0.2) is 0 Å². The van der Waals surface area contributed by atoms with Gasteiger partial charge in [-0.1, -0.05) is 25.1 Å². The minimum atomic E-state index is -5.08. The van der Waals surface area contributed by atoms with Crippen molar-refractivity contribution >= 4 is 23.7 Å². The summed E-state index contributed by atoms with van der Waals surface area (Å²) in [7, 11) is 0. The van der Waals surface area contributed by atoms with E-state index in [0.29, 0.717) is 12.1 Å². The van der Waals surface area contributed by atoms with E-state index in [0.717, 1.165) is 50.3 Å². The van der Waals surface area contributed by atoms with Gasteiger partial charge in [0.25, 0.3) is 0 Å². The van der Waals surface area contributed by atoms with Gasteiger partial charge in [-0.2, -0.15) is 13.2 Å². The zero-order valence-electron chi connectivity index (χ0n) is 21.4. The molecule has 0 spiro atoms. The van der Waals surface area contributed by atoms with Gasteiger partial charge in [-0.15, -0.1) is 0 Å². The van der Waals surface area contributed by atoms with Crippen molar-refractivity contribution < 1.29 is 42.2 Å². The van der Waals surface area contributed by atoms with Crippen molar-refractivity contribution in [1.82, 2.24) is 15.2 Å². The number of carbonyl (C=O) groups excluding carboxylic acids is 1. The molecule has 1 aliphatic rings. The molecule has 39 heavy (non-hydrogen) atoms. The zero-order valence-corrected chi connectivity index (χ0v) is 21.4. The van der Waals surface area contributed by atoms with Crippen molar-refractivity contribution in [3.8, 4) is 0 Å². The number of alkyl halides is 3. The third-order valence-corrected chi connectivity index (χ3v) is 5.84. The monoisotopic (exact) mass is 556 g/mol. The average Bonchev–Trinajstić information content (AvgIpc) is 2.87. The fraction of sp³-hybridized carbons (Fsp3) is 0.462. The number of anilines is 1. The van der Waals surface area contributed by atoms with Gasteiger partial charge in [-0.25, -0.2) is 14.2 Å². The number of carboxylic acids is 2. The Morgan fingerprint density at radius 3 is 2.49 bits per heavy atom. The maximum atomic E-state index is 13.5. The van der Waals surface area contributed by atoms with Crippen molar-refractivity contribution in [3.05, 3.63) is 59.0 Å². The van der Waals surface area contributed by atoms with Gasteiger partial charge in [0.1, 0.15) is 11.6 Å². The Balaban J connectivity index is 0.000000673. The normalized spacial score (nSPS) is 13.4. The molecule has 0 fully saturated rings. The molecule has 0 saturated heterocycles. The van der Waals surface area contributed by atoms with Crippen LogP contribution in [0.5, 0.6) is 0 Å². The highest BCUT2D eigenvalue weighted by Crippen LogP contribution is 2.20. The first-order chi connectivity index (χ1) is 18.4. The van der Waals surface area contributed by atoms with Gasteiger partial charge in [-0.3, -0.25) is 14.5 Å². The summed E-state index contributed by atoms with van der Waals surface area (Å²) in [5.41, 5.74) is 2.56. The first-order valence-corrected chi connectivity index (χ1v) is 12.4. The number of benzene rings is 1. The molecule has 1 aromatic carbocycles. The Labute approximate surface area is 223 Å². The number of carbonyl (C=O) groups is 3. The summed E-state index contributed by atoms with van der Waals surface area (Å²) in [5.74, 6) is -4.64. The van der Waals surface area contributed by atoms with Gasteiger partial charge in [0.05, 0.1) is 12.5 Å². The third kappa shape index (κ3) is 10.9. The molecule has 2 aromatic rings. The predicted molar refractivity (Wildman–Crippen MR) is 135 cm³/mol. The number of aliphatic carboxylic acids is 2. The summed E-state index contributed by atoms with van der Waals surface area (Å²) in [6.45, 7) is 4.51. The largest absolute Gasteiger partial charge is 0.490 e. The van der Waals surface area contributed by atoms with Crippen LogP contribution in [0.2, 0.25) is 0 Å². The lowest BCUT2D eigenvalue weighted by Crippen LogP contribution is -2.41. The Bertz CT molecular complexity index is 1130. The second kappa shape index (κ2) is 15.0. The van der Waals surface area contributed by atoms with Crippen LogP contribution in [0.1, 0.15) is 42.5 Å². The lowest BCUT2D eigenvalue weighted by molar-refractivity contribution is -0.192. The highest BCUT2D eigenvalue weighted by molar-refractivity contribution is 5.81. The highest BCUT2D eigenvalue weighted by atomic mass is 19.4. The molecule has 214 valence electrons. The molecule has 4 N–H and O–H groups in total. The number of aryl methyl sites for hydroxylation is 1. The number of rotatable bonds is 11. The summed E-state index contributed by atoms with van der Waals surface area (Å²) in [5, 5.41) is 22.7. The quantitative estimate of drug-likeness (QED) is 0.310. The second-order valence-electron chi connectivity index (χ2n) is 8.92. The third-order valence-electron chi connectivity index (χ3n) is 5.84. The van der Waals surface area contributed by atoms with Crippen LogP contribution in [0, 0.1) is 5.82 Å². The molecule has 0 radical (unpaired) electrons. The van der Waals surface area contributed by atoms with E-state index in [1.165, 1.54) is 23.8 Å². The number of aromatic nitrogens is 1. The Morgan fingerprint density at radius 2 is 1.87 bits per heavy atom. The highest BCUT2D eigenvalue weighted by Gasteiger charge is 2.38. The van der Waals surface area contributed by atoms with Crippen LogP contribution in [-0.4, -0.2) is 76.8 Å². The van der Waals surface area contributed by atoms with Crippen molar-refractivity contribution in [3.63, 3.8) is 0 Å². The maximum Gasteiger partial charge on any atom is 0.490 e. The summed E-state index contributed by atoms with van der Waals surface area (Å²) in [4.78, 5) is 39.8. The molecule has 9 nitrogen and oxygen atoms in total. The minimum Gasteiger partial charge on any atom is -0.481 e. The van der Waals surface area contributed by atoms with E-state index in [9.17, 15) is 32.3 Å². The lowest BCUT2D eigenvalue weighted by atomic mass is 9.99. The molecule has 1 amide bonds. The molecule has 13 heteroatoms. The molecule has 2 heterocycles. The number of amides is 1. The van der Waals surface area contributed by atoms with Crippen LogP contribution in [0.4, 0.5) is 23.4 Å². The molecular weight excluding hydrogens is 524 g/mol. The number of fused-ring (bicyclic) bond motifs is 1. The molecule has 0 aliphatic carbocycles. The predicted octanol–water partition coefficient (Wildman–Crippen LogP) is 3.45. The van der Waals surface area contributed by atoms with E-state index in [1.54, 1.807) is 6.07 Å². The second-order valence-corrected chi connectivity index (χ2v) is 8.92. The summed E-state index contributed by atoms with van der Waals surface area (Å²) >= 11 is 0. The van der Waals surface area contributed by atoms with Crippen LogP contribution < -0.4 is 10.6 Å². The molecule has 0 saturated carbocycles. The van der Waals surface area contributed by atoms with Gasteiger partial charge in [-0.05, 0) is 55.1 Å². The van der Waals surface area contributed by atoms with Crippen molar-refractivity contribution in [1.29, 1.82) is 0 Å².